The van der Waals surface area contributed by atoms with E-state index in [1.807, 2.05) is 31.2 Å². The maximum atomic E-state index is 6.29. The van der Waals surface area contributed by atoms with E-state index >= 15 is 0 Å². The Labute approximate surface area is 104 Å². The van der Waals surface area contributed by atoms with Gasteiger partial charge in [-0.25, -0.2) is 0 Å². The van der Waals surface area contributed by atoms with Crippen molar-refractivity contribution in [1.82, 2.24) is 4.98 Å². The number of aromatic amines is 1. The molecule has 0 saturated heterocycles. The summed E-state index contributed by atoms with van der Waals surface area (Å²) in [6.07, 6.45) is 0. The molecule has 0 aliphatic heterocycles. The molecule has 0 atom stereocenters. The second-order valence-corrected chi connectivity index (χ2v) is 4.85. The number of nitrogens with one attached hydrogen (secondary N) is 1. The molecule has 0 amide bonds. The van der Waals surface area contributed by atoms with Crippen molar-refractivity contribution in [3.63, 3.8) is 0 Å². The molecule has 0 aliphatic carbocycles. The van der Waals surface area contributed by atoms with Gasteiger partial charge in [0.2, 0.25) is 0 Å². The standard InChI is InChI=1S/C14H13ClN2/c1-7-6-10(16)8(2)12-13-9(15)4-3-5-11(13)17-14(7)12/h3-6,17H,16H2,1-2H3. The Balaban J connectivity index is 2.68. The maximum absolute atomic E-state index is 6.29. The van der Waals surface area contributed by atoms with Crippen molar-refractivity contribution in [1.29, 1.82) is 0 Å². The van der Waals surface area contributed by atoms with E-state index in [0.717, 1.165) is 43.6 Å². The summed E-state index contributed by atoms with van der Waals surface area (Å²) in [5.41, 5.74) is 11.3. The number of nitrogen functional groups attached to an aromatic ring is 1. The first-order valence-electron chi connectivity index (χ1n) is 5.55. The Bertz CT molecular complexity index is 741. The lowest BCUT2D eigenvalue weighted by molar-refractivity contribution is 1.42. The predicted octanol–water partition coefficient (Wildman–Crippen LogP) is 4.17. The number of aryl methyl sites for hydroxylation is 2. The molecule has 0 spiro atoms. The van der Waals surface area contributed by atoms with E-state index in [2.05, 4.69) is 11.9 Å². The Hall–Kier alpha value is -1.67. The predicted molar refractivity (Wildman–Crippen MR) is 74.7 cm³/mol. The van der Waals surface area contributed by atoms with Crippen LogP contribution in [0, 0.1) is 13.8 Å². The van der Waals surface area contributed by atoms with Gasteiger partial charge < -0.3 is 10.7 Å². The molecule has 1 aromatic heterocycles. The van der Waals surface area contributed by atoms with Crippen LogP contribution in [0.15, 0.2) is 24.3 Å². The highest BCUT2D eigenvalue weighted by Crippen LogP contribution is 2.36. The lowest BCUT2D eigenvalue weighted by Gasteiger charge is -2.05. The molecule has 17 heavy (non-hydrogen) atoms. The highest BCUT2D eigenvalue weighted by molar-refractivity contribution is 6.38. The van der Waals surface area contributed by atoms with E-state index in [-0.39, 0.29) is 0 Å². The van der Waals surface area contributed by atoms with Gasteiger partial charge in [0, 0.05) is 27.5 Å². The summed E-state index contributed by atoms with van der Waals surface area (Å²) in [7, 11) is 0. The second-order valence-electron chi connectivity index (χ2n) is 4.45. The third kappa shape index (κ3) is 1.34. The molecule has 0 fully saturated rings. The van der Waals surface area contributed by atoms with Gasteiger partial charge in [-0.05, 0) is 43.2 Å². The second kappa shape index (κ2) is 3.41. The van der Waals surface area contributed by atoms with Crippen molar-refractivity contribution >= 4 is 39.1 Å². The average Bonchev–Trinajstić information content (AvgIpc) is 2.67. The van der Waals surface area contributed by atoms with Crippen LogP contribution < -0.4 is 5.73 Å². The van der Waals surface area contributed by atoms with Crippen molar-refractivity contribution in [2.45, 2.75) is 13.8 Å². The number of anilines is 1. The van der Waals surface area contributed by atoms with Gasteiger partial charge in [0.1, 0.15) is 0 Å². The number of fused-ring (bicyclic) bond motifs is 3. The number of nitrogens with two attached hydrogens (primary N) is 1. The SMILES string of the molecule is Cc1cc(N)c(C)c2c1[nH]c1cccc(Cl)c12. The Morgan fingerprint density at radius 2 is 1.94 bits per heavy atom. The molecule has 0 saturated carbocycles. The monoisotopic (exact) mass is 244 g/mol. The topological polar surface area (TPSA) is 41.8 Å². The molecule has 0 unspecified atom stereocenters. The molecule has 0 radical (unpaired) electrons. The van der Waals surface area contributed by atoms with E-state index in [4.69, 9.17) is 17.3 Å². The minimum absolute atomic E-state index is 0.766. The van der Waals surface area contributed by atoms with Gasteiger partial charge in [-0.1, -0.05) is 17.7 Å². The first kappa shape index (κ1) is 10.5. The fourth-order valence-electron chi connectivity index (χ4n) is 2.43. The van der Waals surface area contributed by atoms with Gasteiger partial charge in [-0.2, -0.15) is 0 Å². The zero-order chi connectivity index (χ0) is 12.2. The summed E-state index contributed by atoms with van der Waals surface area (Å²) in [5, 5.41) is 2.97. The van der Waals surface area contributed by atoms with Gasteiger partial charge in [0.15, 0.2) is 0 Å². The smallest absolute Gasteiger partial charge is 0.0506 e. The number of H-pyrrole nitrogens is 1. The largest absolute Gasteiger partial charge is 0.398 e. The van der Waals surface area contributed by atoms with Crippen LogP contribution in [0.2, 0.25) is 5.02 Å². The Morgan fingerprint density at radius 3 is 2.71 bits per heavy atom. The molecule has 86 valence electrons. The third-order valence-corrected chi connectivity index (χ3v) is 3.66. The van der Waals surface area contributed by atoms with E-state index in [9.17, 15) is 0 Å². The van der Waals surface area contributed by atoms with Crippen LogP contribution >= 0.6 is 11.6 Å². The van der Waals surface area contributed by atoms with E-state index in [0.29, 0.717) is 0 Å². The minimum Gasteiger partial charge on any atom is -0.398 e. The van der Waals surface area contributed by atoms with Crippen LogP contribution in [0.25, 0.3) is 21.8 Å². The van der Waals surface area contributed by atoms with Crippen molar-refractivity contribution in [3.8, 4) is 0 Å². The minimum atomic E-state index is 0.766. The van der Waals surface area contributed by atoms with Gasteiger partial charge in [-0.3, -0.25) is 0 Å². The van der Waals surface area contributed by atoms with Crippen LogP contribution in [-0.4, -0.2) is 4.98 Å². The number of aromatic nitrogens is 1. The normalized spacial score (nSPS) is 11.5. The summed E-state index contributed by atoms with van der Waals surface area (Å²) in [6, 6.07) is 7.90. The number of hydrogen-bond acceptors (Lipinski definition) is 1. The fourth-order valence-corrected chi connectivity index (χ4v) is 2.70. The highest BCUT2D eigenvalue weighted by atomic mass is 35.5. The molecule has 3 heteroatoms. The number of rotatable bonds is 0. The first-order valence-corrected chi connectivity index (χ1v) is 5.93. The molecule has 3 N–H and O–H groups in total. The number of hydrogen-bond donors (Lipinski definition) is 2. The summed E-state index contributed by atoms with van der Waals surface area (Å²) in [5.74, 6) is 0. The zero-order valence-corrected chi connectivity index (χ0v) is 10.5. The van der Waals surface area contributed by atoms with Crippen molar-refractivity contribution in [2.24, 2.45) is 0 Å². The Morgan fingerprint density at radius 1 is 1.18 bits per heavy atom. The van der Waals surface area contributed by atoms with E-state index in [1.165, 1.54) is 0 Å². The molecule has 0 bridgehead atoms. The first-order chi connectivity index (χ1) is 8.09. The molecule has 2 nitrogen and oxygen atoms in total. The highest BCUT2D eigenvalue weighted by Gasteiger charge is 2.13. The van der Waals surface area contributed by atoms with Gasteiger partial charge in [0.25, 0.3) is 0 Å². The summed E-state index contributed by atoms with van der Waals surface area (Å²) in [6.45, 7) is 4.09. The summed E-state index contributed by atoms with van der Waals surface area (Å²) >= 11 is 6.29. The van der Waals surface area contributed by atoms with E-state index < -0.39 is 0 Å². The summed E-state index contributed by atoms with van der Waals surface area (Å²) < 4.78 is 0. The van der Waals surface area contributed by atoms with Crippen molar-refractivity contribution in [3.05, 3.63) is 40.4 Å². The van der Waals surface area contributed by atoms with Crippen LogP contribution in [0.1, 0.15) is 11.1 Å². The van der Waals surface area contributed by atoms with Crippen LogP contribution in [0.5, 0.6) is 0 Å². The van der Waals surface area contributed by atoms with Crippen LogP contribution in [0.3, 0.4) is 0 Å². The number of benzene rings is 2. The van der Waals surface area contributed by atoms with E-state index in [1.54, 1.807) is 0 Å². The fraction of sp³-hybridized carbons (Fsp3) is 0.143. The lowest BCUT2D eigenvalue weighted by atomic mass is 10.0. The molecule has 1 heterocycles. The van der Waals surface area contributed by atoms with Gasteiger partial charge >= 0.3 is 0 Å². The molecule has 3 rings (SSSR count). The van der Waals surface area contributed by atoms with Crippen molar-refractivity contribution in [2.75, 3.05) is 5.73 Å². The van der Waals surface area contributed by atoms with Gasteiger partial charge in [0.05, 0.1) is 5.02 Å². The molecular weight excluding hydrogens is 232 g/mol. The number of halogens is 1. The Kier molecular flexibility index (Phi) is 2.10. The maximum Gasteiger partial charge on any atom is 0.0506 e. The quantitative estimate of drug-likeness (QED) is 0.573. The van der Waals surface area contributed by atoms with Crippen LogP contribution in [0.4, 0.5) is 5.69 Å². The molecular formula is C14H13ClN2. The van der Waals surface area contributed by atoms with Crippen LogP contribution in [-0.2, 0) is 0 Å². The van der Waals surface area contributed by atoms with Gasteiger partial charge in [-0.15, -0.1) is 0 Å². The molecule has 0 aliphatic rings. The third-order valence-electron chi connectivity index (χ3n) is 3.35. The van der Waals surface area contributed by atoms with Crippen molar-refractivity contribution < 1.29 is 0 Å². The molecule has 3 aromatic rings. The lowest BCUT2D eigenvalue weighted by Crippen LogP contribution is -1.91. The summed E-state index contributed by atoms with van der Waals surface area (Å²) in [4.78, 5) is 3.42. The average molecular weight is 245 g/mol. The zero-order valence-electron chi connectivity index (χ0n) is 9.76. The molecule has 2 aromatic carbocycles.